The average molecular weight is 225 g/mol. The number of carbonyl (C=O) groups is 1. The summed E-state index contributed by atoms with van der Waals surface area (Å²) in [5, 5.41) is 6.73. The Kier molecular flexibility index (Phi) is 2.93. The van der Waals surface area contributed by atoms with Crippen LogP contribution in [0.1, 0.15) is 17.2 Å². The molecule has 2 rings (SSSR count). The number of rotatable bonds is 1. The lowest BCUT2D eigenvalue weighted by molar-refractivity contribution is -0.124. The van der Waals surface area contributed by atoms with Crippen molar-refractivity contribution in [1.29, 1.82) is 0 Å². The first-order valence-electron chi connectivity index (χ1n) is 4.95. The van der Waals surface area contributed by atoms with Gasteiger partial charge in [-0.3, -0.25) is 4.79 Å². The number of amides is 1. The van der Waals surface area contributed by atoms with E-state index in [9.17, 15) is 4.79 Å². The first-order valence-corrected chi connectivity index (χ1v) is 5.33. The van der Waals surface area contributed by atoms with Crippen molar-refractivity contribution in [3.8, 4) is 0 Å². The molecule has 15 heavy (non-hydrogen) atoms. The maximum absolute atomic E-state index is 11.6. The van der Waals surface area contributed by atoms with Crippen LogP contribution in [0, 0.1) is 6.92 Å². The Morgan fingerprint density at radius 3 is 2.87 bits per heavy atom. The molecule has 0 aromatic heterocycles. The van der Waals surface area contributed by atoms with E-state index < -0.39 is 0 Å². The Balaban J connectivity index is 2.31. The second-order valence-electron chi connectivity index (χ2n) is 3.68. The SMILES string of the molecule is Cc1cc(Cl)ccc1C1NCCNC1=O. The quantitative estimate of drug-likeness (QED) is 0.758. The number of piperazine rings is 1. The predicted molar refractivity (Wildman–Crippen MR) is 59.9 cm³/mol. The molecule has 1 atom stereocenters. The maximum atomic E-state index is 11.6. The van der Waals surface area contributed by atoms with Crippen LogP contribution < -0.4 is 10.6 Å². The van der Waals surface area contributed by atoms with Gasteiger partial charge in [-0.1, -0.05) is 17.7 Å². The van der Waals surface area contributed by atoms with Crippen molar-refractivity contribution in [3.05, 3.63) is 34.3 Å². The second kappa shape index (κ2) is 4.21. The molecular weight excluding hydrogens is 212 g/mol. The number of nitrogens with one attached hydrogen (secondary N) is 2. The Bertz CT molecular complexity index is 392. The summed E-state index contributed by atoms with van der Waals surface area (Å²) in [4.78, 5) is 11.6. The van der Waals surface area contributed by atoms with Crippen LogP contribution in [0.5, 0.6) is 0 Å². The fourth-order valence-corrected chi connectivity index (χ4v) is 2.04. The highest BCUT2D eigenvalue weighted by Gasteiger charge is 2.24. The molecule has 0 aliphatic carbocycles. The summed E-state index contributed by atoms with van der Waals surface area (Å²) in [7, 11) is 0. The molecule has 0 saturated carbocycles. The maximum Gasteiger partial charge on any atom is 0.241 e. The van der Waals surface area contributed by atoms with E-state index in [1.54, 1.807) is 0 Å². The van der Waals surface area contributed by atoms with E-state index >= 15 is 0 Å². The summed E-state index contributed by atoms with van der Waals surface area (Å²) in [6.45, 7) is 3.46. The Morgan fingerprint density at radius 2 is 2.20 bits per heavy atom. The van der Waals surface area contributed by atoms with Crippen molar-refractivity contribution in [2.75, 3.05) is 13.1 Å². The third-order valence-electron chi connectivity index (χ3n) is 2.58. The highest BCUT2D eigenvalue weighted by atomic mass is 35.5. The van der Waals surface area contributed by atoms with E-state index in [-0.39, 0.29) is 11.9 Å². The van der Waals surface area contributed by atoms with Gasteiger partial charge in [0.25, 0.3) is 0 Å². The van der Waals surface area contributed by atoms with Gasteiger partial charge >= 0.3 is 0 Å². The Morgan fingerprint density at radius 1 is 1.40 bits per heavy atom. The zero-order chi connectivity index (χ0) is 10.8. The molecule has 0 bridgehead atoms. The molecule has 80 valence electrons. The van der Waals surface area contributed by atoms with Crippen molar-refractivity contribution in [2.24, 2.45) is 0 Å². The predicted octanol–water partition coefficient (Wildman–Crippen LogP) is 1.41. The zero-order valence-electron chi connectivity index (χ0n) is 8.51. The summed E-state index contributed by atoms with van der Waals surface area (Å²) in [6, 6.07) is 5.35. The third kappa shape index (κ3) is 2.13. The van der Waals surface area contributed by atoms with Gasteiger partial charge in [-0.05, 0) is 30.2 Å². The third-order valence-corrected chi connectivity index (χ3v) is 2.81. The van der Waals surface area contributed by atoms with E-state index in [4.69, 9.17) is 11.6 Å². The van der Waals surface area contributed by atoms with Crippen LogP contribution in [0.4, 0.5) is 0 Å². The lowest BCUT2D eigenvalue weighted by atomic mass is 9.99. The summed E-state index contributed by atoms with van der Waals surface area (Å²) in [5.41, 5.74) is 2.04. The molecule has 2 N–H and O–H groups in total. The molecule has 1 aliphatic heterocycles. The molecule has 3 nitrogen and oxygen atoms in total. The molecule has 0 spiro atoms. The molecule has 1 aromatic carbocycles. The number of carbonyl (C=O) groups excluding carboxylic acids is 1. The second-order valence-corrected chi connectivity index (χ2v) is 4.12. The summed E-state index contributed by atoms with van der Waals surface area (Å²) in [6.07, 6.45) is 0. The van der Waals surface area contributed by atoms with E-state index in [1.165, 1.54) is 0 Å². The zero-order valence-corrected chi connectivity index (χ0v) is 9.27. The van der Waals surface area contributed by atoms with Crippen molar-refractivity contribution < 1.29 is 4.79 Å². The first-order chi connectivity index (χ1) is 7.18. The highest BCUT2D eigenvalue weighted by Crippen LogP contribution is 2.22. The van der Waals surface area contributed by atoms with Gasteiger partial charge in [-0.25, -0.2) is 0 Å². The monoisotopic (exact) mass is 224 g/mol. The fraction of sp³-hybridized carbons (Fsp3) is 0.364. The van der Waals surface area contributed by atoms with Crippen LogP contribution in [0.2, 0.25) is 5.02 Å². The first kappa shape index (κ1) is 10.5. The molecule has 1 amide bonds. The van der Waals surface area contributed by atoms with Crippen molar-refractivity contribution >= 4 is 17.5 Å². The van der Waals surface area contributed by atoms with Crippen LogP contribution >= 0.6 is 11.6 Å². The molecule has 1 fully saturated rings. The van der Waals surface area contributed by atoms with Crippen molar-refractivity contribution in [2.45, 2.75) is 13.0 Å². The van der Waals surface area contributed by atoms with Crippen LogP contribution in [0.25, 0.3) is 0 Å². The average Bonchev–Trinajstić information content (AvgIpc) is 2.20. The van der Waals surface area contributed by atoms with Crippen LogP contribution in [0.3, 0.4) is 0 Å². The van der Waals surface area contributed by atoms with Crippen molar-refractivity contribution in [3.63, 3.8) is 0 Å². The molecule has 4 heteroatoms. The largest absolute Gasteiger partial charge is 0.353 e. The molecule has 1 unspecified atom stereocenters. The lowest BCUT2D eigenvalue weighted by Crippen LogP contribution is -2.47. The van der Waals surface area contributed by atoms with Crippen LogP contribution in [0.15, 0.2) is 18.2 Å². The number of halogens is 1. The summed E-state index contributed by atoms with van der Waals surface area (Å²) >= 11 is 5.87. The van der Waals surface area contributed by atoms with E-state index in [2.05, 4.69) is 10.6 Å². The standard InChI is InChI=1S/C11H13ClN2O/c1-7-6-8(12)2-3-9(7)10-11(15)14-5-4-13-10/h2-3,6,10,13H,4-5H2,1H3,(H,14,15). The molecular formula is C11H13ClN2O. The fourth-order valence-electron chi connectivity index (χ4n) is 1.81. The van der Waals surface area contributed by atoms with Gasteiger partial charge in [-0.15, -0.1) is 0 Å². The summed E-state index contributed by atoms with van der Waals surface area (Å²) in [5.74, 6) is 0.0340. The summed E-state index contributed by atoms with van der Waals surface area (Å²) < 4.78 is 0. The van der Waals surface area contributed by atoms with Gasteiger partial charge < -0.3 is 10.6 Å². The molecule has 1 heterocycles. The minimum absolute atomic E-state index is 0.0340. The number of aryl methyl sites for hydroxylation is 1. The normalized spacial score (nSPS) is 21.2. The molecule has 0 radical (unpaired) electrons. The minimum atomic E-state index is -0.240. The van der Waals surface area contributed by atoms with Crippen LogP contribution in [-0.4, -0.2) is 19.0 Å². The van der Waals surface area contributed by atoms with Gasteiger partial charge in [0.15, 0.2) is 0 Å². The van der Waals surface area contributed by atoms with Gasteiger partial charge in [0.1, 0.15) is 6.04 Å². The van der Waals surface area contributed by atoms with Crippen LogP contribution in [-0.2, 0) is 4.79 Å². The molecule has 1 saturated heterocycles. The van der Waals surface area contributed by atoms with Gasteiger partial charge in [-0.2, -0.15) is 0 Å². The van der Waals surface area contributed by atoms with E-state index in [0.29, 0.717) is 11.6 Å². The Labute approximate surface area is 93.8 Å². The number of hydrogen-bond donors (Lipinski definition) is 2. The topological polar surface area (TPSA) is 41.1 Å². The minimum Gasteiger partial charge on any atom is -0.353 e. The molecule has 1 aliphatic rings. The highest BCUT2D eigenvalue weighted by molar-refractivity contribution is 6.30. The van der Waals surface area contributed by atoms with E-state index in [0.717, 1.165) is 17.7 Å². The number of hydrogen-bond acceptors (Lipinski definition) is 2. The Hall–Kier alpha value is -1.06. The van der Waals surface area contributed by atoms with Gasteiger partial charge in [0.05, 0.1) is 0 Å². The van der Waals surface area contributed by atoms with E-state index in [1.807, 2.05) is 25.1 Å². The smallest absolute Gasteiger partial charge is 0.241 e. The number of benzene rings is 1. The molecule has 1 aromatic rings. The lowest BCUT2D eigenvalue weighted by Gasteiger charge is -2.25. The van der Waals surface area contributed by atoms with Crippen molar-refractivity contribution in [1.82, 2.24) is 10.6 Å². The van der Waals surface area contributed by atoms with Gasteiger partial charge in [0.2, 0.25) is 5.91 Å². The van der Waals surface area contributed by atoms with Gasteiger partial charge in [0, 0.05) is 18.1 Å².